The summed E-state index contributed by atoms with van der Waals surface area (Å²) < 4.78 is 1.94. The van der Waals surface area contributed by atoms with Crippen LogP contribution in [0.1, 0.15) is 31.1 Å². The summed E-state index contributed by atoms with van der Waals surface area (Å²) in [6, 6.07) is 12.9. The van der Waals surface area contributed by atoms with E-state index in [1.807, 2.05) is 25.0 Å². The summed E-state index contributed by atoms with van der Waals surface area (Å²) in [5, 5.41) is 7.69. The van der Waals surface area contributed by atoms with Gasteiger partial charge in [-0.2, -0.15) is 5.10 Å². The molecule has 1 unspecified atom stereocenters. The topological polar surface area (TPSA) is 29.9 Å². The van der Waals surface area contributed by atoms with Crippen LogP contribution in [0.2, 0.25) is 0 Å². The molecule has 3 heteroatoms. The third kappa shape index (κ3) is 2.18. The molecule has 1 atom stereocenters. The standard InChI is InChI=1S/C15H21N3/c1-15(2,12-8-6-5-7-9-12)14(16-3)13-10-11-17-18(13)4/h5-11,14,16H,1-4H3. The van der Waals surface area contributed by atoms with Crippen molar-refractivity contribution < 1.29 is 0 Å². The van der Waals surface area contributed by atoms with E-state index in [9.17, 15) is 0 Å². The molecule has 0 aliphatic heterocycles. The average Bonchev–Trinajstić information content (AvgIpc) is 2.78. The highest BCUT2D eigenvalue weighted by molar-refractivity contribution is 5.29. The summed E-state index contributed by atoms with van der Waals surface area (Å²) in [5.41, 5.74) is 2.53. The van der Waals surface area contributed by atoms with Crippen LogP contribution in [0.5, 0.6) is 0 Å². The van der Waals surface area contributed by atoms with Crippen molar-refractivity contribution in [2.24, 2.45) is 7.05 Å². The summed E-state index contributed by atoms with van der Waals surface area (Å²) in [5.74, 6) is 0. The molecule has 0 bridgehead atoms. The van der Waals surface area contributed by atoms with Crippen molar-refractivity contribution in [2.75, 3.05) is 7.05 Å². The van der Waals surface area contributed by atoms with Crippen LogP contribution in [0.25, 0.3) is 0 Å². The van der Waals surface area contributed by atoms with Gasteiger partial charge < -0.3 is 5.32 Å². The van der Waals surface area contributed by atoms with E-state index in [2.05, 4.69) is 60.7 Å². The number of aromatic nitrogens is 2. The molecule has 1 aromatic carbocycles. The van der Waals surface area contributed by atoms with Crippen LogP contribution < -0.4 is 5.32 Å². The van der Waals surface area contributed by atoms with Crippen LogP contribution in [0.4, 0.5) is 0 Å². The zero-order valence-corrected chi connectivity index (χ0v) is 11.5. The molecule has 0 saturated heterocycles. The lowest BCUT2D eigenvalue weighted by Gasteiger charge is -2.34. The molecular weight excluding hydrogens is 222 g/mol. The molecule has 0 amide bonds. The van der Waals surface area contributed by atoms with E-state index < -0.39 is 0 Å². The van der Waals surface area contributed by atoms with Crippen LogP contribution in [0.15, 0.2) is 42.6 Å². The number of hydrogen-bond donors (Lipinski definition) is 1. The molecule has 18 heavy (non-hydrogen) atoms. The third-order valence-corrected chi connectivity index (χ3v) is 3.68. The number of hydrogen-bond acceptors (Lipinski definition) is 2. The highest BCUT2D eigenvalue weighted by Gasteiger charge is 2.32. The second-order valence-corrected chi connectivity index (χ2v) is 5.19. The van der Waals surface area contributed by atoms with E-state index in [0.717, 1.165) is 0 Å². The molecule has 2 aromatic rings. The molecule has 0 spiro atoms. The molecule has 0 radical (unpaired) electrons. The van der Waals surface area contributed by atoms with E-state index in [4.69, 9.17) is 0 Å². The number of nitrogens with one attached hydrogen (secondary N) is 1. The first kappa shape index (κ1) is 12.8. The zero-order chi connectivity index (χ0) is 13.2. The van der Waals surface area contributed by atoms with E-state index in [-0.39, 0.29) is 11.5 Å². The van der Waals surface area contributed by atoms with E-state index in [1.165, 1.54) is 11.3 Å². The van der Waals surface area contributed by atoms with E-state index in [0.29, 0.717) is 0 Å². The van der Waals surface area contributed by atoms with Gasteiger partial charge in [0, 0.05) is 18.7 Å². The van der Waals surface area contributed by atoms with E-state index in [1.54, 1.807) is 0 Å². The van der Waals surface area contributed by atoms with Crippen molar-refractivity contribution in [1.82, 2.24) is 15.1 Å². The van der Waals surface area contributed by atoms with E-state index >= 15 is 0 Å². The minimum absolute atomic E-state index is 0.00377. The smallest absolute Gasteiger partial charge is 0.0582 e. The first-order chi connectivity index (χ1) is 8.57. The summed E-state index contributed by atoms with van der Waals surface area (Å²) in [7, 11) is 3.99. The van der Waals surface area contributed by atoms with Gasteiger partial charge in [-0.15, -0.1) is 0 Å². The molecule has 0 aliphatic rings. The number of aryl methyl sites for hydroxylation is 1. The lowest BCUT2D eigenvalue weighted by molar-refractivity contribution is 0.351. The van der Waals surface area contributed by atoms with Gasteiger partial charge in [-0.25, -0.2) is 0 Å². The minimum atomic E-state index is 0.00377. The number of rotatable bonds is 4. The van der Waals surface area contributed by atoms with Crippen molar-refractivity contribution in [3.63, 3.8) is 0 Å². The predicted molar refractivity (Wildman–Crippen MR) is 74.5 cm³/mol. The zero-order valence-electron chi connectivity index (χ0n) is 11.5. The Balaban J connectivity index is 2.42. The van der Waals surface area contributed by atoms with Crippen molar-refractivity contribution in [1.29, 1.82) is 0 Å². The molecule has 2 rings (SSSR count). The normalized spacial score (nSPS) is 13.6. The fourth-order valence-corrected chi connectivity index (χ4v) is 2.58. The number of benzene rings is 1. The minimum Gasteiger partial charge on any atom is -0.311 e. The SMILES string of the molecule is CNC(c1ccnn1C)C(C)(C)c1ccccc1. The second kappa shape index (κ2) is 4.94. The van der Waals surface area contributed by atoms with Gasteiger partial charge in [0.05, 0.1) is 11.7 Å². The van der Waals surface area contributed by atoms with Crippen LogP contribution >= 0.6 is 0 Å². The van der Waals surface area contributed by atoms with Gasteiger partial charge in [0.25, 0.3) is 0 Å². The molecule has 3 nitrogen and oxygen atoms in total. The monoisotopic (exact) mass is 243 g/mol. The first-order valence-corrected chi connectivity index (χ1v) is 6.28. The molecule has 0 fully saturated rings. The number of nitrogens with zero attached hydrogens (tertiary/aromatic N) is 2. The van der Waals surface area contributed by atoms with Crippen molar-refractivity contribution in [3.05, 3.63) is 53.9 Å². The molecule has 0 saturated carbocycles. The summed E-state index contributed by atoms with van der Waals surface area (Å²) >= 11 is 0. The van der Waals surface area contributed by atoms with Gasteiger partial charge in [-0.3, -0.25) is 4.68 Å². The fourth-order valence-electron chi connectivity index (χ4n) is 2.58. The largest absolute Gasteiger partial charge is 0.311 e. The Kier molecular flexibility index (Phi) is 3.53. The van der Waals surface area contributed by atoms with Crippen molar-refractivity contribution in [2.45, 2.75) is 25.3 Å². The first-order valence-electron chi connectivity index (χ1n) is 6.28. The van der Waals surface area contributed by atoms with Gasteiger partial charge in [-0.05, 0) is 18.7 Å². The summed E-state index contributed by atoms with van der Waals surface area (Å²) in [6.45, 7) is 4.52. The van der Waals surface area contributed by atoms with Gasteiger partial charge in [0.15, 0.2) is 0 Å². The Morgan fingerprint density at radius 2 is 1.83 bits per heavy atom. The van der Waals surface area contributed by atoms with Gasteiger partial charge >= 0.3 is 0 Å². The van der Waals surface area contributed by atoms with Gasteiger partial charge in [0.2, 0.25) is 0 Å². The van der Waals surface area contributed by atoms with Gasteiger partial charge in [0.1, 0.15) is 0 Å². The molecular formula is C15H21N3. The second-order valence-electron chi connectivity index (χ2n) is 5.19. The van der Waals surface area contributed by atoms with Crippen LogP contribution in [-0.4, -0.2) is 16.8 Å². The Bertz CT molecular complexity index is 499. The van der Waals surface area contributed by atoms with Crippen molar-refractivity contribution in [3.8, 4) is 0 Å². The van der Waals surface area contributed by atoms with Gasteiger partial charge in [-0.1, -0.05) is 44.2 Å². The Labute approximate surface area is 109 Å². The molecule has 1 N–H and O–H groups in total. The Morgan fingerprint density at radius 3 is 2.33 bits per heavy atom. The summed E-state index contributed by atoms with van der Waals surface area (Å²) in [6.07, 6.45) is 1.85. The maximum Gasteiger partial charge on any atom is 0.0582 e. The third-order valence-electron chi connectivity index (χ3n) is 3.68. The maximum atomic E-state index is 4.27. The summed E-state index contributed by atoms with van der Waals surface area (Å²) in [4.78, 5) is 0. The number of likely N-dealkylation sites (N-methyl/N-ethyl adjacent to an activating group) is 1. The fraction of sp³-hybridized carbons (Fsp3) is 0.400. The quantitative estimate of drug-likeness (QED) is 0.894. The van der Waals surface area contributed by atoms with Crippen LogP contribution in [0.3, 0.4) is 0 Å². The Morgan fingerprint density at radius 1 is 1.17 bits per heavy atom. The lowest BCUT2D eigenvalue weighted by Crippen LogP contribution is -2.36. The van der Waals surface area contributed by atoms with Crippen LogP contribution in [-0.2, 0) is 12.5 Å². The molecule has 96 valence electrons. The average molecular weight is 243 g/mol. The molecule has 0 aliphatic carbocycles. The highest BCUT2D eigenvalue weighted by atomic mass is 15.3. The van der Waals surface area contributed by atoms with Crippen LogP contribution in [0, 0.1) is 0 Å². The lowest BCUT2D eigenvalue weighted by atomic mass is 9.76. The van der Waals surface area contributed by atoms with Crippen molar-refractivity contribution >= 4 is 0 Å². The predicted octanol–water partition coefficient (Wildman–Crippen LogP) is 2.66. The maximum absolute atomic E-state index is 4.27. The highest BCUT2D eigenvalue weighted by Crippen LogP contribution is 2.36. The molecule has 1 aromatic heterocycles. The Hall–Kier alpha value is -1.61. The molecule has 1 heterocycles.